The van der Waals surface area contributed by atoms with Gasteiger partial charge in [-0.3, -0.25) is 20.0 Å². The quantitative estimate of drug-likeness (QED) is 0.392. The Morgan fingerprint density at radius 2 is 2.03 bits per heavy atom. The maximum atomic E-state index is 14.9. The number of sulfone groups is 1. The van der Waals surface area contributed by atoms with E-state index in [0.29, 0.717) is 36.3 Å². The van der Waals surface area contributed by atoms with E-state index in [1.165, 1.54) is 23.5 Å². The lowest BCUT2D eigenvalue weighted by Gasteiger charge is -2.22. The van der Waals surface area contributed by atoms with E-state index in [0.717, 1.165) is 6.26 Å². The molecule has 2 heterocycles. The second-order valence-corrected chi connectivity index (χ2v) is 10.8. The van der Waals surface area contributed by atoms with Gasteiger partial charge in [0.15, 0.2) is 0 Å². The lowest BCUT2D eigenvalue weighted by molar-refractivity contribution is -0.119. The molecule has 2 aliphatic heterocycles. The maximum absolute atomic E-state index is 14.9. The lowest BCUT2D eigenvalue weighted by atomic mass is 10.2. The highest BCUT2D eigenvalue weighted by atomic mass is 32.2. The van der Waals surface area contributed by atoms with Crippen molar-refractivity contribution >= 4 is 33.2 Å². The summed E-state index contributed by atoms with van der Waals surface area (Å²) in [6.07, 6.45) is 1.86. The Hall–Kier alpha value is -2.86. The molecule has 3 fully saturated rings. The molecule has 10 nitrogen and oxygen atoms in total. The number of amides is 2. The SMILES string of the molecule is CC(=O)NC[C@H]1CN(c2ccc(N3C[C@@H]4C(=CNOCCS(C)(=O)=O)[C@H]4C3)c(F)c2)C(=O)O1. The molecular formula is C21H27FN4O6S. The van der Waals surface area contributed by atoms with Crippen molar-refractivity contribution in [1.82, 2.24) is 10.8 Å². The van der Waals surface area contributed by atoms with Crippen LogP contribution in [0.2, 0.25) is 0 Å². The molecule has 33 heavy (non-hydrogen) atoms. The number of hydrogen-bond acceptors (Lipinski definition) is 8. The molecule has 3 aliphatic rings. The molecule has 1 aromatic carbocycles. The summed E-state index contributed by atoms with van der Waals surface area (Å²) in [4.78, 5) is 31.6. The molecule has 0 bridgehead atoms. The van der Waals surface area contributed by atoms with Crippen LogP contribution in [-0.2, 0) is 24.2 Å². The summed E-state index contributed by atoms with van der Waals surface area (Å²) in [7, 11) is -3.06. The number of fused-ring (bicyclic) bond motifs is 1. The van der Waals surface area contributed by atoms with Gasteiger partial charge in [0, 0.05) is 44.3 Å². The Kier molecular flexibility index (Phi) is 6.48. The zero-order chi connectivity index (χ0) is 23.8. The number of ether oxygens (including phenoxy) is 1. The lowest BCUT2D eigenvalue weighted by Crippen LogP contribution is -2.33. The number of carbonyl (C=O) groups excluding carboxylic acids is 2. The minimum absolute atomic E-state index is 0.0514. The van der Waals surface area contributed by atoms with E-state index in [2.05, 4.69) is 10.8 Å². The first kappa shape index (κ1) is 23.3. The van der Waals surface area contributed by atoms with Crippen LogP contribution in [-0.4, -0.2) is 71.3 Å². The third-order valence-corrected chi connectivity index (χ3v) is 6.88. The minimum Gasteiger partial charge on any atom is -0.442 e. The fourth-order valence-corrected chi connectivity index (χ4v) is 4.59. The van der Waals surface area contributed by atoms with Gasteiger partial charge >= 0.3 is 6.09 Å². The smallest absolute Gasteiger partial charge is 0.414 e. The first-order valence-electron chi connectivity index (χ1n) is 10.6. The van der Waals surface area contributed by atoms with Gasteiger partial charge in [-0.2, -0.15) is 0 Å². The summed E-state index contributed by atoms with van der Waals surface area (Å²) < 4.78 is 42.3. The molecule has 1 aromatic rings. The van der Waals surface area contributed by atoms with E-state index in [1.807, 2.05) is 4.90 Å². The third-order valence-electron chi connectivity index (χ3n) is 5.97. The van der Waals surface area contributed by atoms with Crippen LogP contribution >= 0.6 is 0 Å². The number of hydrogen-bond donors (Lipinski definition) is 2. The van der Waals surface area contributed by atoms with E-state index >= 15 is 0 Å². The van der Waals surface area contributed by atoms with Crippen molar-refractivity contribution < 1.29 is 32.0 Å². The molecule has 1 saturated carbocycles. The molecule has 2 N–H and O–H groups in total. The van der Waals surface area contributed by atoms with Gasteiger partial charge in [-0.1, -0.05) is 0 Å². The standard InChI is InChI=1S/C21H27FN4O6S/c1-13(27)23-8-15-10-26(21(28)32-15)14-3-4-20(19(22)7-14)25-11-17-16(18(17)12-25)9-24-31-5-6-33(2,29)30/h3-4,7,9,15,17-18,24H,5-6,8,10-12H2,1-2H3,(H,23,27)/t15-,17+,18+/m0/s1. The third kappa shape index (κ3) is 5.56. The summed E-state index contributed by atoms with van der Waals surface area (Å²) >= 11 is 0. The van der Waals surface area contributed by atoms with Crippen LogP contribution in [0.4, 0.5) is 20.6 Å². The average molecular weight is 483 g/mol. The number of nitrogens with zero attached hydrogens (tertiary/aromatic N) is 2. The Labute approximate surface area is 191 Å². The molecule has 3 atom stereocenters. The van der Waals surface area contributed by atoms with Gasteiger partial charge < -0.3 is 15.0 Å². The monoisotopic (exact) mass is 482 g/mol. The van der Waals surface area contributed by atoms with Gasteiger partial charge in [0.1, 0.15) is 21.8 Å². The normalized spacial score (nSPS) is 23.9. The van der Waals surface area contributed by atoms with Gasteiger partial charge in [0.2, 0.25) is 5.91 Å². The number of piperidine rings is 1. The van der Waals surface area contributed by atoms with Gasteiger partial charge in [-0.25, -0.2) is 17.6 Å². The zero-order valence-corrected chi connectivity index (χ0v) is 19.2. The predicted octanol–water partition coefficient (Wildman–Crippen LogP) is 0.803. The van der Waals surface area contributed by atoms with Crippen molar-refractivity contribution in [1.29, 1.82) is 0 Å². The molecule has 2 saturated heterocycles. The molecule has 0 spiro atoms. The van der Waals surface area contributed by atoms with E-state index in [9.17, 15) is 22.4 Å². The van der Waals surface area contributed by atoms with E-state index < -0.39 is 27.9 Å². The van der Waals surface area contributed by atoms with Crippen molar-refractivity contribution in [2.24, 2.45) is 11.8 Å². The highest BCUT2D eigenvalue weighted by Gasteiger charge is 2.51. The van der Waals surface area contributed by atoms with Crippen molar-refractivity contribution in [3.63, 3.8) is 0 Å². The van der Waals surface area contributed by atoms with Gasteiger partial charge in [0.05, 0.1) is 36.8 Å². The number of nitrogens with one attached hydrogen (secondary N) is 2. The molecule has 0 aromatic heterocycles. The van der Waals surface area contributed by atoms with Crippen molar-refractivity contribution in [3.05, 3.63) is 35.8 Å². The van der Waals surface area contributed by atoms with Crippen LogP contribution in [0.3, 0.4) is 0 Å². The van der Waals surface area contributed by atoms with Crippen molar-refractivity contribution in [2.45, 2.75) is 13.0 Å². The molecule has 12 heteroatoms. The zero-order valence-electron chi connectivity index (χ0n) is 18.4. The Bertz CT molecular complexity index is 1060. The number of benzene rings is 1. The van der Waals surface area contributed by atoms with Gasteiger partial charge in [0.25, 0.3) is 0 Å². The van der Waals surface area contributed by atoms with Crippen LogP contribution in [0.15, 0.2) is 30.0 Å². The van der Waals surface area contributed by atoms with Crippen LogP contribution in [0.5, 0.6) is 0 Å². The Morgan fingerprint density at radius 3 is 2.67 bits per heavy atom. The van der Waals surface area contributed by atoms with Gasteiger partial charge in [-0.05, 0) is 23.8 Å². The summed E-state index contributed by atoms with van der Waals surface area (Å²) in [5, 5.41) is 2.61. The number of hydroxylamine groups is 1. The fourth-order valence-electron chi connectivity index (χ4n) is 4.21. The van der Waals surface area contributed by atoms with E-state index in [1.54, 1.807) is 18.3 Å². The Morgan fingerprint density at radius 1 is 1.30 bits per heavy atom. The van der Waals surface area contributed by atoms with Crippen LogP contribution in [0.1, 0.15) is 6.92 Å². The second kappa shape index (κ2) is 9.18. The molecule has 180 valence electrons. The topological polar surface area (TPSA) is 117 Å². The van der Waals surface area contributed by atoms with Crippen LogP contribution in [0, 0.1) is 17.7 Å². The van der Waals surface area contributed by atoms with E-state index in [4.69, 9.17) is 9.57 Å². The Balaban J connectivity index is 1.28. The first-order chi connectivity index (χ1) is 15.6. The van der Waals surface area contributed by atoms with E-state index in [-0.39, 0.29) is 31.4 Å². The molecule has 2 amide bonds. The first-order valence-corrected chi connectivity index (χ1v) is 12.7. The molecule has 4 rings (SSSR count). The number of carbonyl (C=O) groups is 2. The number of halogens is 1. The number of rotatable bonds is 9. The molecule has 0 radical (unpaired) electrons. The van der Waals surface area contributed by atoms with Gasteiger partial charge in [-0.15, -0.1) is 0 Å². The number of anilines is 2. The summed E-state index contributed by atoms with van der Waals surface area (Å²) in [6.45, 7) is 3.24. The van der Waals surface area contributed by atoms with Crippen molar-refractivity contribution in [3.8, 4) is 0 Å². The highest BCUT2D eigenvalue weighted by Crippen LogP contribution is 2.52. The summed E-state index contributed by atoms with van der Waals surface area (Å²) in [5.74, 6) is -0.0719. The fraction of sp³-hybridized carbons (Fsp3) is 0.524. The molecular weight excluding hydrogens is 455 g/mol. The summed E-state index contributed by atoms with van der Waals surface area (Å²) in [5.41, 5.74) is 4.74. The van der Waals surface area contributed by atoms with Crippen LogP contribution < -0.4 is 20.6 Å². The van der Waals surface area contributed by atoms with Crippen molar-refractivity contribution in [2.75, 3.05) is 54.6 Å². The number of cyclic esters (lactones) is 1. The maximum Gasteiger partial charge on any atom is 0.414 e. The average Bonchev–Trinajstić information content (AvgIpc) is 3.05. The molecule has 1 aliphatic carbocycles. The predicted molar refractivity (Wildman–Crippen MR) is 119 cm³/mol. The minimum atomic E-state index is -3.06. The second-order valence-electron chi connectivity index (χ2n) is 8.55. The highest BCUT2D eigenvalue weighted by molar-refractivity contribution is 7.90. The summed E-state index contributed by atoms with van der Waals surface area (Å²) in [6, 6.07) is 4.69. The van der Waals surface area contributed by atoms with Crippen LogP contribution in [0.25, 0.3) is 0 Å². The molecule has 0 unspecified atom stereocenters. The largest absolute Gasteiger partial charge is 0.442 e.